The van der Waals surface area contributed by atoms with Crippen molar-refractivity contribution in [2.75, 3.05) is 11.4 Å². The standard InChI is InChI=1S/C25H29N3O/c1-4-27(21-10-8-9-19(3)17-21)25(29)23-22-11-6-5-7-16-28(22)24(26-23)20-14-12-18(2)13-15-20/h8-10,12-15,17H,4-7,11,16H2,1-3H3. The summed E-state index contributed by atoms with van der Waals surface area (Å²) in [6.45, 7) is 7.71. The van der Waals surface area contributed by atoms with Crippen LogP contribution in [0.5, 0.6) is 0 Å². The Bertz CT molecular complexity index is 1020. The molecule has 0 spiro atoms. The lowest BCUT2D eigenvalue weighted by Gasteiger charge is -2.21. The fraction of sp³-hybridized carbons (Fsp3) is 0.360. The van der Waals surface area contributed by atoms with E-state index >= 15 is 0 Å². The molecule has 150 valence electrons. The van der Waals surface area contributed by atoms with Gasteiger partial charge in [0.25, 0.3) is 5.91 Å². The zero-order chi connectivity index (χ0) is 20.4. The van der Waals surface area contributed by atoms with E-state index in [1.807, 2.05) is 24.0 Å². The van der Waals surface area contributed by atoms with Crippen LogP contribution in [0.3, 0.4) is 0 Å². The number of aryl methyl sites for hydroxylation is 2. The maximum atomic E-state index is 13.6. The van der Waals surface area contributed by atoms with Crippen molar-refractivity contribution in [2.45, 2.75) is 53.0 Å². The van der Waals surface area contributed by atoms with Crippen molar-refractivity contribution in [1.29, 1.82) is 0 Å². The Hall–Kier alpha value is -2.88. The lowest BCUT2D eigenvalue weighted by molar-refractivity contribution is 0.0983. The molecule has 0 radical (unpaired) electrons. The predicted octanol–water partition coefficient (Wildman–Crippen LogP) is 5.56. The number of hydrogen-bond acceptors (Lipinski definition) is 2. The number of anilines is 1. The molecule has 0 bridgehead atoms. The molecule has 4 rings (SSSR count). The number of benzene rings is 2. The third kappa shape index (κ3) is 3.84. The number of amides is 1. The van der Waals surface area contributed by atoms with E-state index in [1.54, 1.807) is 0 Å². The Balaban J connectivity index is 1.80. The molecule has 0 unspecified atom stereocenters. The third-order valence-corrected chi connectivity index (χ3v) is 5.75. The molecule has 0 fully saturated rings. The predicted molar refractivity (Wildman–Crippen MR) is 118 cm³/mol. The van der Waals surface area contributed by atoms with E-state index in [1.165, 1.54) is 12.0 Å². The van der Waals surface area contributed by atoms with Crippen molar-refractivity contribution in [3.8, 4) is 11.4 Å². The molecule has 0 saturated carbocycles. The Kier molecular flexibility index (Phi) is 5.52. The summed E-state index contributed by atoms with van der Waals surface area (Å²) in [5.41, 5.74) is 6.10. The molecule has 0 aliphatic carbocycles. The minimum Gasteiger partial charge on any atom is -0.327 e. The summed E-state index contributed by atoms with van der Waals surface area (Å²) in [7, 11) is 0. The monoisotopic (exact) mass is 387 g/mol. The van der Waals surface area contributed by atoms with Gasteiger partial charge in [0.1, 0.15) is 5.82 Å². The maximum Gasteiger partial charge on any atom is 0.278 e. The highest BCUT2D eigenvalue weighted by atomic mass is 16.2. The van der Waals surface area contributed by atoms with Crippen molar-refractivity contribution in [1.82, 2.24) is 9.55 Å². The second kappa shape index (κ2) is 8.24. The highest BCUT2D eigenvalue weighted by molar-refractivity contribution is 6.06. The van der Waals surface area contributed by atoms with Gasteiger partial charge in [-0.25, -0.2) is 4.98 Å². The summed E-state index contributed by atoms with van der Waals surface area (Å²) in [5.74, 6) is 0.924. The van der Waals surface area contributed by atoms with E-state index in [4.69, 9.17) is 4.98 Å². The Morgan fingerprint density at radius 3 is 2.55 bits per heavy atom. The fourth-order valence-corrected chi connectivity index (χ4v) is 4.18. The van der Waals surface area contributed by atoms with Gasteiger partial charge in [0, 0.05) is 24.3 Å². The first kappa shape index (κ1) is 19.4. The first-order valence-electron chi connectivity index (χ1n) is 10.6. The Morgan fingerprint density at radius 2 is 1.83 bits per heavy atom. The lowest BCUT2D eigenvalue weighted by atomic mass is 10.1. The van der Waals surface area contributed by atoms with Crippen molar-refractivity contribution in [3.05, 3.63) is 71.0 Å². The number of hydrogen-bond donors (Lipinski definition) is 0. The van der Waals surface area contributed by atoms with E-state index in [2.05, 4.69) is 54.8 Å². The van der Waals surface area contributed by atoms with Gasteiger partial charge >= 0.3 is 0 Å². The minimum atomic E-state index is 0.00196. The number of fused-ring (bicyclic) bond motifs is 1. The van der Waals surface area contributed by atoms with E-state index < -0.39 is 0 Å². The van der Waals surface area contributed by atoms with Crippen molar-refractivity contribution in [2.24, 2.45) is 0 Å². The normalized spacial score (nSPS) is 13.6. The van der Waals surface area contributed by atoms with Crippen molar-refractivity contribution >= 4 is 11.6 Å². The highest BCUT2D eigenvalue weighted by Crippen LogP contribution is 2.29. The van der Waals surface area contributed by atoms with Crippen LogP contribution in [0.2, 0.25) is 0 Å². The summed E-state index contributed by atoms with van der Waals surface area (Å²) < 4.78 is 2.29. The van der Waals surface area contributed by atoms with Gasteiger partial charge in [-0.15, -0.1) is 0 Å². The molecule has 1 aromatic heterocycles. The van der Waals surface area contributed by atoms with Gasteiger partial charge in [0.15, 0.2) is 5.69 Å². The summed E-state index contributed by atoms with van der Waals surface area (Å²) >= 11 is 0. The van der Waals surface area contributed by atoms with Crippen LogP contribution in [-0.2, 0) is 13.0 Å². The first-order valence-corrected chi connectivity index (χ1v) is 10.6. The second-order valence-electron chi connectivity index (χ2n) is 7.95. The molecule has 2 aromatic carbocycles. The number of rotatable bonds is 4. The van der Waals surface area contributed by atoms with Crippen LogP contribution in [-0.4, -0.2) is 22.0 Å². The molecular weight excluding hydrogens is 358 g/mol. The lowest BCUT2D eigenvalue weighted by Crippen LogP contribution is -2.31. The van der Waals surface area contributed by atoms with E-state index in [0.29, 0.717) is 12.2 Å². The molecule has 4 nitrogen and oxygen atoms in total. The number of imidazole rings is 1. The summed E-state index contributed by atoms with van der Waals surface area (Å²) in [5, 5.41) is 0. The fourth-order valence-electron chi connectivity index (χ4n) is 4.18. The molecule has 1 aliphatic rings. The number of carbonyl (C=O) groups is 1. The van der Waals surface area contributed by atoms with Gasteiger partial charge in [-0.05, 0) is 57.7 Å². The molecule has 3 aromatic rings. The van der Waals surface area contributed by atoms with E-state index in [-0.39, 0.29) is 5.91 Å². The smallest absolute Gasteiger partial charge is 0.278 e. The van der Waals surface area contributed by atoms with Gasteiger partial charge in [-0.2, -0.15) is 0 Å². The largest absolute Gasteiger partial charge is 0.327 e. The molecule has 29 heavy (non-hydrogen) atoms. The second-order valence-corrected chi connectivity index (χ2v) is 7.95. The van der Waals surface area contributed by atoms with Gasteiger partial charge in [0.05, 0.1) is 5.69 Å². The quantitative estimate of drug-likeness (QED) is 0.588. The maximum absolute atomic E-state index is 13.6. The molecular formula is C25H29N3O. The van der Waals surface area contributed by atoms with Gasteiger partial charge in [-0.1, -0.05) is 48.4 Å². The minimum absolute atomic E-state index is 0.00196. The number of nitrogens with zero attached hydrogens (tertiary/aromatic N) is 3. The molecule has 0 N–H and O–H groups in total. The van der Waals surface area contributed by atoms with Crippen LogP contribution in [0.4, 0.5) is 5.69 Å². The SMILES string of the molecule is CCN(C(=O)c1nc(-c2ccc(C)cc2)n2c1CCCCC2)c1cccc(C)c1. The average molecular weight is 388 g/mol. The molecule has 2 heterocycles. The number of aromatic nitrogens is 2. The van der Waals surface area contributed by atoms with Crippen molar-refractivity contribution in [3.63, 3.8) is 0 Å². The van der Waals surface area contributed by atoms with Crippen LogP contribution >= 0.6 is 0 Å². The zero-order valence-corrected chi connectivity index (χ0v) is 17.6. The summed E-state index contributed by atoms with van der Waals surface area (Å²) in [6, 6.07) is 16.6. The molecule has 4 heteroatoms. The Morgan fingerprint density at radius 1 is 1.03 bits per heavy atom. The Labute approximate surface area is 173 Å². The summed E-state index contributed by atoms with van der Waals surface area (Å²) in [6.07, 6.45) is 4.34. The van der Waals surface area contributed by atoms with Crippen LogP contribution in [0.15, 0.2) is 48.5 Å². The number of carbonyl (C=O) groups excluding carboxylic acids is 1. The molecule has 0 saturated heterocycles. The van der Waals surface area contributed by atoms with Gasteiger partial charge in [-0.3, -0.25) is 4.79 Å². The first-order chi connectivity index (χ1) is 14.1. The van der Waals surface area contributed by atoms with Gasteiger partial charge in [0.2, 0.25) is 0 Å². The third-order valence-electron chi connectivity index (χ3n) is 5.75. The molecule has 0 atom stereocenters. The average Bonchev–Trinajstić information content (AvgIpc) is 2.90. The topological polar surface area (TPSA) is 38.1 Å². The van der Waals surface area contributed by atoms with E-state index in [0.717, 1.165) is 54.1 Å². The van der Waals surface area contributed by atoms with Gasteiger partial charge < -0.3 is 9.47 Å². The van der Waals surface area contributed by atoms with Crippen LogP contribution < -0.4 is 4.90 Å². The summed E-state index contributed by atoms with van der Waals surface area (Å²) in [4.78, 5) is 20.4. The zero-order valence-electron chi connectivity index (χ0n) is 17.6. The highest BCUT2D eigenvalue weighted by Gasteiger charge is 2.27. The van der Waals surface area contributed by atoms with Crippen LogP contribution in [0.1, 0.15) is 53.5 Å². The molecule has 1 amide bonds. The van der Waals surface area contributed by atoms with Crippen LogP contribution in [0.25, 0.3) is 11.4 Å². The molecule has 1 aliphatic heterocycles. The van der Waals surface area contributed by atoms with E-state index in [9.17, 15) is 4.79 Å². The van der Waals surface area contributed by atoms with Crippen molar-refractivity contribution < 1.29 is 4.79 Å². The van der Waals surface area contributed by atoms with Crippen LogP contribution in [0, 0.1) is 13.8 Å².